The molecule has 2 N–H and O–H groups in total. The van der Waals surface area contributed by atoms with E-state index in [0.717, 1.165) is 11.1 Å². The van der Waals surface area contributed by atoms with Gasteiger partial charge in [0, 0.05) is 17.6 Å². The molecule has 2 aromatic carbocycles. The number of carbonyl (C=O) groups is 2. The molecule has 2 atom stereocenters. The number of allylic oxidation sites excluding steroid dienone is 2. The van der Waals surface area contributed by atoms with E-state index < -0.39 is 24.1 Å². The van der Waals surface area contributed by atoms with Crippen molar-refractivity contribution in [2.24, 2.45) is 0 Å². The van der Waals surface area contributed by atoms with Crippen LogP contribution in [0.4, 0.5) is 0 Å². The lowest BCUT2D eigenvalue weighted by Crippen LogP contribution is -2.25. The van der Waals surface area contributed by atoms with Crippen molar-refractivity contribution in [3.63, 3.8) is 0 Å². The zero-order valence-electron chi connectivity index (χ0n) is 21.8. The maximum absolute atomic E-state index is 11.3. The third kappa shape index (κ3) is 10.1. The summed E-state index contributed by atoms with van der Waals surface area (Å²) in [6.07, 6.45) is 3.84. The largest absolute Gasteiger partial charge is 0.491 e. The molecule has 0 amide bonds. The van der Waals surface area contributed by atoms with E-state index >= 15 is 0 Å². The van der Waals surface area contributed by atoms with Crippen molar-refractivity contribution in [3.05, 3.63) is 84.0 Å². The molecule has 0 heterocycles. The van der Waals surface area contributed by atoms with E-state index in [1.807, 2.05) is 48.5 Å². The molecular weight excluding hydrogens is 476 g/mol. The van der Waals surface area contributed by atoms with Gasteiger partial charge < -0.3 is 29.2 Å². The van der Waals surface area contributed by atoms with Gasteiger partial charge in [0.15, 0.2) is 0 Å². The van der Waals surface area contributed by atoms with Crippen LogP contribution in [0.1, 0.15) is 38.8 Å². The SMILES string of the molecule is CC=CC(=O)OCC(O)COc1ccc(C(C)(C)c2ccc(OCC(O)COC(=O)C=CC)cc2)cc1. The fourth-order valence-electron chi connectivity index (χ4n) is 3.31. The molecule has 0 aromatic heterocycles. The third-order valence-electron chi connectivity index (χ3n) is 5.48. The van der Waals surface area contributed by atoms with Crippen LogP contribution in [0, 0.1) is 0 Å². The first-order valence-corrected chi connectivity index (χ1v) is 12.1. The summed E-state index contributed by atoms with van der Waals surface area (Å²) in [6.45, 7) is 7.34. The Hall–Kier alpha value is -3.62. The lowest BCUT2D eigenvalue weighted by Gasteiger charge is -2.26. The number of esters is 2. The highest BCUT2D eigenvalue weighted by atomic mass is 16.6. The monoisotopic (exact) mass is 512 g/mol. The minimum Gasteiger partial charge on any atom is -0.491 e. The normalized spacial score (nSPS) is 13.4. The zero-order chi connectivity index (χ0) is 27.3. The van der Waals surface area contributed by atoms with Crippen LogP contribution in [0.15, 0.2) is 72.8 Å². The van der Waals surface area contributed by atoms with Gasteiger partial charge in [0.2, 0.25) is 0 Å². The predicted octanol–water partition coefficient (Wildman–Crippen LogP) is 3.73. The van der Waals surface area contributed by atoms with Gasteiger partial charge in [0.25, 0.3) is 0 Å². The summed E-state index contributed by atoms with van der Waals surface area (Å²) in [5.41, 5.74) is 1.82. The van der Waals surface area contributed by atoms with Gasteiger partial charge in [-0.2, -0.15) is 0 Å². The van der Waals surface area contributed by atoms with Crippen LogP contribution in [0.2, 0.25) is 0 Å². The Balaban J connectivity index is 1.87. The van der Waals surface area contributed by atoms with Gasteiger partial charge in [-0.25, -0.2) is 9.59 Å². The topological polar surface area (TPSA) is 112 Å². The first-order valence-electron chi connectivity index (χ1n) is 12.1. The molecule has 0 aliphatic heterocycles. The van der Waals surface area contributed by atoms with E-state index in [2.05, 4.69) is 13.8 Å². The summed E-state index contributed by atoms with van der Waals surface area (Å²) in [5, 5.41) is 19.9. The van der Waals surface area contributed by atoms with E-state index in [4.69, 9.17) is 18.9 Å². The third-order valence-corrected chi connectivity index (χ3v) is 5.48. The number of aliphatic hydroxyl groups excluding tert-OH is 2. The Kier molecular flexibility index (Phi) is 11.9. The van der Waals surface area contributed by atoms with E-state index in [1.165, 1.54) is 12.2 Å². The fourth-order valence-corrected chi connectivity index (χ4v) is 3.31. The van der Waals surface area contributed by atoms with Crippen molar-refractivity contribution >= 4 is 11.9 Å². The molecule has 200 valence electrons. The molecule has 2 rings (SSSR count). The average Bonchev–Trinajstić information content (AvgIpc) is 2.89. The Morgan fingerprint density at radius 3 is 1.38 bits per heavy atom. The van der Waals surface area contributed by atoms with Gasteiger partial charge >= 0.3 is 11.9 Å². The van der Waals surface area contributed by atoms with Crippen LogP contribution in [-0.2, 0) is 24.5 Å². The summed E-state index contributed by atoms with van der Waals surface area (Å²) in [4.78, 5) is 22.6. The Bertz CT molecular complexity index is 955. The van der Waals surface area contributed by atoms with E-state index in [0.29, 0.717) is 11.5 Å². The van der Waals surface area contributed by atoms with Crippen molar-refractivity contribution in [1.29, 1.82) is 0 Å². The van der Waals surface area contributed by atoms with Gasteiger partial charge in [-0.1, -0.05) is 50.3 Å². The Labute approximate surface area is 218 Å². The second-order valence-electron chi connectivity index (χ2n) is 8.86. The molecule has 0 saturated carbocycles. The smallest absolute Gasteiger partial charge is 0.330 e. The lowest BCUT2D eigenvalue weighted by molar-refractivity contribution is -0.142. The summed E-state index contributed by atoms with van der Waals surface area (Å²) < 4.78 is 21.0. The molecule has 0 aliphatic carbocycles. The van der Waals surface area contributed by atoms with Gasteiger partial charge in [-0.05, 0) is 49.2 Å². The quantitative estimate of drug-likeness (QED) is 0.291. The van der Waals surface area contributed by atoms with Crippen LogP contribution in [0.3, 0.4) is 0 Å². The molecule has 0 radical (unpaired) electrons. The van der Waals surface area contributed by atoms with Crippen molar-refractivity contribution in [2.45, 2.75) is 45.3 Å². The molecular formula is C29H36O8. The Morgan fingerprint density at radius 2 is 1.05 bits per heavy atom. The second-order valence-corrected chi connectivity index (χ2v) is 8.86. The van der Waals surface area contributed by atoms with Crippen molar-refractivity contribution < 1.29 is 38.7 Å². The first kappa shape index (κ1) is 29.6. The standard InChI is InChI=1S/C29H36O8/c1-5-7-27(32)36-19-23(30)17-34-25-13-9-21(10-14-25)29(3,4)22-11-15-26(16-12-22)35-18-24(31)20-37-28(33)8-6-2/h5-16,23-24,30-31H,17-20H2,1-4H3. The van der Waals surface area contributed by atoms with Gasteiger partial charge in [0.05, 0.1) is 0 Å². The van der Waals surface area contributed by atoms with Gasteiger partial charge in [0.1, 0.15) is 50.1 Å². The number of ether oxygens (including phenoxy) is 4. The molecule has 0 aliphatic rings. The molecule has 0 saturated heterocycles. The van der Waals surface area contributed by atoms with Crippen LogP contribution in [-0.4, -0.2) is 60.8 Å². The van der Waals surface area contributed by atoms with Crippen LogP contribution in [0.25, 0.3) is 0 Å². The first-order chi connectivity index (χ1) is 17.6. The minimum atomic E-state index is -0.930. The molecule has 2 unspecified atom stereocenters. The predicted molar refractivity (Wildman–Crippen MR) is 140 cm³/mol. The number of hydrogen-bond acceptors (Lipinski definition) is 8. The minimum absolute atomic E-state index is 0.000237. The highest BCUT2D eigenvalue weighted by molar-refractivity contribution is 5.82. The van der Waals surface area contributed by atoms with E-state index in [9.17, 15) is 19.8 Å². The number of rotatable bonds is 14. The maximum Gasteiger partial charge on any atom is 0.330 e. The average molecular weight is 513 g/mol. The lowest BCUT2D eigenvalue weighted by atomic mass is 9.78. The number of hydrogen-bond donors (Lipinski definition) is 2. The zero-order valence-corrected chi connectivity index (χ0v) is 21.8. The number of aliphatic hydroxyl groups is 2. The van der Waals surface area contributed by atoms with Crippen LogP contribution in [0.5, 0.6) is 11.5 Å². The van der Waals surface area contributed by atoms with Crippen molar-refractivity contribution in [1.82, 2.24) is 0 Å². The Morgan fingerprint density at radius 1 is 0.703 bits per heavy atom. The molecule has 0 spiro atoms. The summed E-state index contributed by atoms with van der Waals surface area (Å²) in [7, 11) is 0. The number of benzene rings is 2. The summed E-state index contributed by atoms with van der Waals surface area (Å²) >= 11 is 0. The number of carbonyl (C=O) groups excluding carboxylic acids is 2. The van der Waals surface area contributed by atoms with E-state index in [-0.39, 0.29) is 31.8 Å². The van der Waals surface area contributed by atoms with Gasteiger partial charge in [-0.3, -0.25) is 0 Å². The van der Waals surface area contributed by atoms with Crippen molar-refractivity contribution in [2.75, 3.05) is 26.4 Å². The molecule has 0 bridgehead atoms. The fraction of sp³-hybridized carbons (Fsp3) is 0.379. The molecule has 37 heavy (non-hydrogen) atoms. The maximum atomic E-state index is 11.3. The van der Waals surface area contributed by atoms with Crippen LogP contribution < -0.4 is 9.47 Å². The molecule has 2 aromatic rings. The molecule has 8 heteroatoms. The summed E-state index contributed by atoms with van der Waals surface area (Å²) in [5.74, 6) is 0.177. The highest BCUT2D eigenvalue weighted by Gasteiger charge is 2.23. The van der Waals surface area contributed by atoms with E-state index in [1.54, 1.807) is 26.0 Å². The summed E-state index contributed by atoms with van der Waals surface area (Å²) in [6, 6.07) is 15.2. The van der Waals surface area contributed by atoms with Crippen molar-refractivity contribution in [3.8, 4) is 11.5 Å². The van der Waals surface area contributed by atoms with Crippen LogP contribution >= 0.6 is 0 Å². The second kappa shape index (κ2) is 14.8. The molecule has 8 nitrogen and oxygen atoms in total. The van der Waals surface area contributed by atoms with Gasteiger partial charge in [-0.15, -0.1) is 0 Å². The highest BCUT2D eigenvalue weighted by Crippen LogP contribution is 2.33. The molecule has 0 fully saturated rings.